The number of aryl methyl sites for hydroxylation is 3. The summed E-state index contributed by atoms with van der Waals surface area (Å²) in [6, 6.07) is 6.37. The van der Waals surface area contributed by atoms with Crippen molar-refractivity contribution in [2.75, 3.05) is 25.0 Å². The third kappa shape index (κ3) is 3.59. The number of carbonyl (C=O) groups is 1. The van der Waals surface area contributed by atoms with E-state index in [2.05, 4.69) is 34.7 Å². The van der Waals surface area contributed by atoms with Crippen molar-refractivity contribution in [2.45, 2.75) is 33.2 Å². The van der Waals surface area contributed by atoms with E-state index in [4.69, 9.17) is 0 Å². The van der Waals surface area contributed by atoms with Gasteiger partial charge in [0, 0.05) is 18.8 Å². The van der Waals surface area contributed by atoms with Crippen LogP contribution in [0.15, 0.2) is 18.2 Å². The van der Waals surface area contributed by atoms with Crippen molar-refractivity contribution in [3.63, 3.8) is 0 Å². The summed E-state index contributed by atoms with van der Waals surface area (Å²) in [6.07, 6.45) is 2.09. The lowest BCUT2D eigenvalue weighted by Crippen LogP contribution is -2.41. The van der Waals surface area contributed by atoms with Crippen molar-refractivity contribution in [3.8, 4) is 0 Å². The summed E-state index contributed by atoms with van der Waals surface area (Å²) in [6.45, 7) is 5.98. The molecule has 1 aliphatic rings. The second kappa shape index (κ2) is 6.76. The molecule has 2 aromatic rings. The van der Waals surface area contributed by atoms with Crippen LogP contribution in [-0.2, 0) is 17.8 Å². The van der Waals surface area contributed by atoms with E-state index in [9.17, 15) is 4.79 Å². The van der Waals surface area contributed by atoms with Crippen LogP contribution in [0.4, 0.5) is 5.69 Å². The number of likely N-dealkylation sites (N-methyl/N-ethyl adjacent to an activating group) is 1. The lowest BCUT2D eigenvalue weighted by atomic mass is 9.99. The van der Waals surface area contributed by atoms with Crippen LogP contribution >= 0.6 is 11.5 Å². The number of aromatic nitrogens is 2. The molecule has 0 fully saturated rings. The van der Waals surface area contributed by atoms with Crippen molar-refractivity contribution >= 4 is 23.1 Å². The number of hydrogen-bond acceptors (Lipinski definition) is 5. The van der Waals surface area contributed by atoms with Crippen molar-refractivity contribution in [2.24, 2.45) is 0 Å². The van der Waals surface area contributed by atoms with Gasteiger partial charge in [-0.15, -0.1) is 5.10 Å². The molecule has 2 heterocycles. The summed E-state index contributed by atoms with van der Waals surface area (Å²) in [7, 11) is 1.97. The van der Waals surface area contributed by atoms with Gasteiger partial charge >= 0.3 is 0 Å². The van der Waals surface area contributed by atoms with Gasteiger partial charge in [0.2, 0.25) is 5.91 Å². The van der Waals surface area contributed by atoms with E-state index in [-0.39, 0.29) is 5.91 Å². The van der Waals surface area contributed by atoms with Crippen molar-refractivity contribution in [1.82, 2.24) is 14.5 Å². The average molecular weight is 330 g/mol. The second-order valence-corrected chi connectivity index (χ2v) is 7.07. The summed E-state index contributed by atoms with van der Waals surface area (Å²) >= 11 is 1.40. The van der Waals surface area contributed by atoms with Gasteiger partial charge in [0.25, 0.3) is 0 Å². The minimum absolute atomic E-state index is 0.160. The SMILES string of the molecule is Cc1ccc2c(c1)CCCN2C(=O)CN(C)Cc1snnc1C. The molecule has 122 valence electrons. The lowest BCUT2D eigenvalue weighted by Gasteiger charge is -2.31. The zero-order chi connectivity index (χ0) is 16.4. The first-order valence-electron chi connectivity index (χ1n) is 7.91. The van der Waals surface area contributed by atoms with Gasteiger partial charge in [-0.2, -0.15) is 0 Å². The predicted octanol–water partition coefficient (Wildman–Crippen LogP) is 2.57. The number of nitrogens with zero attached hydrogens (tertiary/aromatic N) is 4. The summed E-state index contributed by atoms with van der Waals surface area (Å²) in [5.41, 5.74) is 4.57. The Morgan fingerprint density at radius 2 is 2.22 bits per heavy atom. The molecule has 1 aromatic carbocycles. The van der Waals surface area contributed by atoms with Gasteiger partial charge in [0.15, 0.2) is 0 Å². The molecule has 0 atom stereocenters. The number of amides is 1. The van der Waals surface area contributed by atoms with Crippen LogP contribution in [0.25, 0.3) is 0 Å². The molecule has 3 rings (SSSR count). The number of rotatable bonds is 4. The molecule has 0 bridgehead atoms. The van der Waals surface area contributed by atoms with Crippen molar-refractivity contribution in [1.29, 1.82) is 0 Å². The number of benzene rings is 1. The Hall–Kier alpha value is -1.79. The molecule has 1 aromatic heterocycles. The molecule has 0 aliphatic carbocycles. The highest BCUT2D eigenvalue weighted by Crippen LogP contribution is 2.28. The molecule has 6 heteroatoms. The van der Waals surface area contributed by atoms with Gasteiger partial charge in [0.05, 0.1) is 17.1 Å². The fourth-order valence-electron chi connectivity index (χ4n) is 3.00. The van der Waals surface area contributed by atoms with Gasteiger partial charge in [-0.3, -0.25) is 9.69 Å². The average Bonchev–Trinajstić information content (AvgIpc) is 2.91. The Balaban J connectivity index is 1.68. The second-order valence-electron chi connectivity index (χ2n) is 6.23. The standard InChI is InChI=1S/C17H22N4OS/c1-12-6-7-15-14(9-12)5-4-8-21(15)17(22)11-20(3)10-16-13(2)18-19-23-16/h6-7,9H,4-5,8,10-11H2,1-3H3. The topological polar surface area (TPSA) is 49.3 Å². The number of anilines is 1. The maximum absolute atomic E-state index is 12.7. The van der Waals surface area contributed by atoms with E-state index in [1.807, 2.05) is 23.8 Å². The highest BCUT2D eigenvalue weighted by Gasteiger charge is 2.23. The zero-order valence-corrected chi connectivity index (χ0v) is 14.7. The monoisotopic (exact) mass is 330 g/mol. The molecule has 5 nitrogen and oxygen atoms in total. The maximum atomic E-state index is 12.7. The van der Waals surface area contributed by atoms with Gasteiger partial charge < -0.3 is 4.90 Å². The van der Waals surface area contributed by atoms with Crippen LogP contribution in [-0.4, -0.2) is 40.5 Å². The third-order valence-corrected chi connectivity index (χ3v) is 5.03. The number of carbonyl (C=O) groups excluding carboxylic acids is 1. The Morgan fingerprint density at radius 1 is 1.39 bits per heavy atom. The van der Waals surface area contributed by atoms with E-state index in [0.29, 0.717) is 13.1 Å². The smallest absolute Gasteiger partial charge is 0.241 e. The van der Waals surface area contributed by atoms with E-state index in [0.717, 1.165) is 35.6 Å². The maximum Gasteiger partial charge on any atom is 0.241 e. The largest absolute Gasteiger partial charge is 0.311 e. The third-order valence-electron chi connectivity index (χ3n) is 4.22. The molecule has 0 unspecified atom stereocenters. The summed E-state index contributed by atoms with van der Waals surface area (Å²) in [4.78, 5) is 17.8. The molecule has 0 N–H and O–H groups in total. The van der Waals surface area contributed by atoms with E-state index in [1.54, 1.807) is 0 Å². The Morgan fingerprint density at radius 3 is 2.96 bits per heavy atom. The number of hydrogen-bond donors (Lipinski definition) is 0. The summed E-state index contributed by atoms with van der Waals surface area (Å²) in [5, 5.41) is 4.02. The fraction of sp³-hybridized carbons (Fsp3) is 0.471. The molecular formula is C17H22N4OS. The van der Waals surface area contributed by atoms with E-state index in [1.165, 1.54) is 22.7 Å². The molecule has 1 aliphatic heterocycles. The van der Waals surface area contributed by atoms with Crippen LogP contribution in [0.3, 0.4) is 0 Å². The zero-order valence-electron chi connectivity index (χ0n) is 13.9. The van der Waals surface area contributed by atoms with Crippen LogP contribution in [0.1, 0.15) is 28.1 Å². The Bertz CT molecular complexity index is 712. The van der Waals surface area contributed by atoms with Gasteiger partial charge in [0.1, 0.15) is 0 Å². The van der Waals surface area contributed by atoms with Gasteiger partial charge in [-0.05, 0) is 56.9 Å². The van der Waals surface area contributed by atoms with Crippen LogP contribution in [0.2, 0.25) is 0 Å². The lowest BCUT2D eigenvalue weighted by molar-refractivity contribution is -0.119. The molecule has 0 radical (unpaired) electrons. The predicted molar refractivity (Wildman–Crippen MR) is 92.8 cm³/mol. The molecule has 0 spiro atoms. The molecule has 0 saturated heterocycles. The van der Waals surface area contributed by atoms with Crippen molar-refractivity contribution < 1.29 is 4.79 Å². The first kappa shape index (κ1) is 16.1. The van der Waals surface area contributed by atoms with Crippen LogP contribution < -0.4 is 4.90 Å². The van der Waals surface area contributed by atoms with Crippen LogP contribution in [0.5, 0.6) is 0 Å². The fourth-order valence-corrected chi connectivity index (χ4v) is 3.71. The normalized spacial score (nSPS) is 14.2. The molecular weight excluding hydrogens is 308 g/mol. The number of fused-ring (bicyclic) bond motifs is 1. The highest BCUT2D eigenvalue weighted by atomic mass is 32.1. The van der Waals surface area contributed by atoms with E-state index >= 15 is 0 Å². The summed E-state index contributed by atoms with van der Waals surface area (Å²) in [5.74, 6) is 0.160. The summed E-state index contributed by atoms with van der Waals surface area (Å²) < 4.78 is 3.95. The highest BCUT2D eigenvalue weighted by molar-refractivity contribution is 7.05. The molecule has 23 heavy (non-hydrogen) atoms. The first-order valence-corrected chi connectivity index (χ1v) is 8.68. The first-order chi connectivity index (χ1) is 11.0. The van der Waals surface area contributed by atoms with Crippen LogP contribution in [0, 0.1) is 13.8 Å². The van der Waals surface area contributed by atoms with E-state index < -0.39 is 0 Å². The minimum atomic E-state index is 0.160. The molecule has 1 amide bonds. The van der Waals surface area contributed by atoms with Crippen molar-refractivity contribution in [3.05, 3.63) is 39.9 Å². The Labute approximate surface area is 141 Å². The van der Waals surface area contributed by atoms with Gasteiger partial charge in [-0.25, -0.2) is 0 Å². The van der Waals surface area contributed by atoms with Gasteiger partial charge in [-0.1, -0.05) is 22.2 Å². The quantitative estimate of drug-likeness (QED) is 0.864. The minimum Gasteiger partial charge on any atom is -0.311 e. The molecule has 0 saturated carbocycles. The Kier molecular flexibility index (Phi) is 4.73.